The molecule has 2 N–H and O–H groups in total. The fraction of sp³-hybridized carbons (Fsp3) is 0.333. The quantitative estimate of drug-likeness (QED) is 0.459. The molecule has 1 amide bonds. The standard InChI is InChI=1S/C9H12N2O2S/c1-3-9(12)10-7-4-8(14-5-7)6(2)11-13/h4-5,13H,3H2,1-2H3,(H,10,12)/b11-6+. The maximum Gasteiger partial charge on any atom is 0.224 e. The highest BCUT2D eigenvalue weighted by atomic mass is 32.1. The Kier molecular flexibility index (Phi) is 3.64. The number of anilines is 1. The molecule has 0 atom stereocenters. The van der Waals surface area contributed by atoms with Gasteiger partial charge < -0.3 is 10.5 Å². The van der Waals surface area contributed by atoms with E-state index in [1.807, 2.05) is 5.38 Å². The zero-order chi connectivity index (χ0) is 10.6. The molecule has 0 unspecified atom stereocenters. The molecular formula is C9H12N2O2S. The molecule has 0 saturated heterocycles. The van der Waals surface area contributed by atoms with E-state index in [1.165, 1.54) is 11.3 Å². The predicted octanol–water partition coefficient (Wildman–Crippen LogP) is 2.29. The van der Waals surface area contributed by atoms with Crippen molar-refractivity contribution in [3.8, 4) is 0 Å². The van der Waals surface area contributed by atoms with Gasteiger partial charge in [0.1, 0.15) is 0 Å². The minimum absolute atomic E-state index is 0.0204. The molecule has 5 heteroatoms. The van der Waals surface area contributed by atoms with Crippen molar-refractivity contribution in [2.75, 3.05) is 5.32 Å². The van der Waals surface area contributed by atoms with Gasteiger partial charge in [0, 0.05) is 11.8 Å². The second-order valence-corrected chi connectivity index (χ2v) is 3.70. The summed E-state index contributed by atoms with van der Waals surface area (Å²) in [5.74, 6) is -0.0204. The van der Waals surface area contributed by atoms with E-state index in [9.17, 15) is 4.79 Å². The molecule has 0 bridgehead atoms. The highest BCUT2D eigenvalue weighted by Gasteiger charge is 2.04. The van der Waals surface area contributed by atoms with Crippen LogP contribution in [0.1, 0.15) is 25.1 Å². The third kappa shape index (κ3) is 2.56. The third-order valence-corrected chi connectivity index (χ3v) is 2.75. The van der Waals surface area contributed by atoms with E-state index in [-0.39, 0.29) is 5.91 Å². The molecule has 1 aromatic heterocycles. The minimum Gasteiger partial charge on any atom is -0.411 e. The normalized spacial score (nSPS) is 11.4. The number of carbonyl (C=O) groups excluding carboxylic acids is 1. The Hall–Kier alpha value is -1.36. The monoisotopic (exact) mass is 212 g/mol. The van der Waals surface area contributed by atoms with Crippen LogP contribution in [0.5, 0.6) is 0 Å². The molecule has 4 nitrogen and oxygen atoms in total. The van der Waals surface area contributed by atoms with Gasteiger partial charge >= 0.3 is 0 Å². The number of amides is 1. The van der Waals surface area contributed by atoms with Gasteiger partial charge in [0.15, 0.2) is 0 Å². The number of oxime groups is 1. The van der Waals surface area contributed by atoms with E-state index in [0.29, 0.717) is 12.1 Å². The highest BCUT2D eigenvalue weighted by molar-refractivity contribution is 7.12. The predicted molar refractivity (Wildman–Crippen MR) is 57.2 cm³/mol. The summed E-state index contributed by atoms with van der Waals surface area (Å²) in [6.07, 6.45) is 0.457. The van der Waals surface area contributed by atoms with Crippen LogP contribution < -0.4 is 5.32 Å². The average molecular weight is 212 g/mol. The van der Waals surface area contributed by atoms with Crippen molar-refractivity contribution in [3.05, 3.63) is 16.3 Å². The number of hydrogen-bond donors (Lipinski definition) is 2. The lowest BCUT2D eigenvalue weighted by molar-refractivity contribution is -0.115. The Morgan fingerprint density at radius 3 is 3.00 bits per heavy atom. The van der Waals surface area contributed by atoms with Crippen LogP contribution in [0.15, 0.2) is 16.6 Å². The van der Waals surface area contributed by atoms with E-state index < -0.39 is 0 Å². The van der Waals surface area contributed by atoms with Gasteiger partial charge in [0.25, 0.3) is 0 Å². The van der Waals surface area contributed by atoms with E-state index in [1.54, 1.807) is 19.9 Å². The van der Waals surface area contributed by atoms with Crippen LogP contribution in [0, 0.1) is 0 Å². The van der Waals surface area contributed by atoms with Crippen LogP contribution in [-0.4, -0.2) is 16.8 Å². The zero-order valence-electron chi connectivity index (χ0n) is 8.07. The maximum atomic E-state index is 11.0. The van der Waals surface area contributed by atoms with Gasteiger partial charge in [0.2, 0.25) is 5.91 Å². The first kappa shape index (κ1) is 10.7. The van der Waals surface area contributed by atoms with Gasteiger partial charge in [-0.3, -0.25) is 4.79 Å². The van der Waals surface area contributed by atoms with Crippen molar-refractivity contribution < 1.29 is 10.0 Å². The second-order valence-electron chi connectivity index (χ2n) is 2.79. The van der Waals surface area contributed by atoms with E-state index >= 15 is 0 Å². The first-order valence-electron chi connectivity index (χ1n) is 4.24. The van der Waals surface area contributed by atoms with Crippen LogP contribution in [0.2, 0.25) is 0 Å². The van der Waals surface area contributed by atoms with Crippen molar-refractivity contribution >= 4 is 28.6 Å². The number of nitrogens with one attached hydrogen (secondary N) is 1. The first-order chi connectivity index (χ1) is 6.67. The second kappa shape index (κ2) is 4.76. The minimum atomic E-state index is -0.0204. The molecule has 1 rings (SSSR count). The van der Waals surface area contributed by atoms with Crippen molar-refractivity contribution in [2.45, 2.75) is 20.3 Å². The SMILES string of the molecule is CCC(=O)Nc1csc(/C(C)=N/O)c1. The van der Waals surface area contributed by atoms with E-state index in [4.69, 9.17) is 5.21 Å². The van der Waals surface area contributed by atoms with Crippen LogP contribution in [0.3, 0.4) is 0 Å². The Morgan fingerprint density at radius 1 is 1.71 bits per heavy atom. The summed E-state index contributed by atoms with van der Waals surface area (Å²) in [6.45, 7) is 3.50. The van der Waals surface area contributed by atoms with E-state index in [0.717, 1.165) is 10.6 Å². The van der Waals surface area contributed by atoms with Gasteiger partial charge in [-0.25, -0.2) is 0 Å². The van der Waals surface area contributed by atoms with Crippen LogP contribution >= 0.6 is 11.3 Å². The van der Waals surface area contributed by atoms with E-state index in [2.05, 4.69) is 10.5 Å². The summed E-state index contributed by atoms with van der Waals surface area (Å²) in [5.41, 5.74) is 1.30. The maximum absolute atomic E-state index is 11.0. The van der Waals surface area contributed by atoms with Gasteiger partial charge in [0.05, 0.1) is 16.3 Å². The Labute approximate surface area is 86.3 Å². The Morgan fingerprint density at radius 2 is 2.43 bits per heavy atom. The molecule has 0 spiro atoms. The van der Waals surface area contributed by atoms with Gasteiger partial charge in [-0.05, 0) is 13.0 Å². The molecule has 0 saturated carbocycles. The fourth-order valence-electron chi connectivity index (χ4n) is 0.890. The molecule has 0 aliphatic rings. The summed E-state index contributed by atoms with van der Waals surface area (Å²) in [7, 11) is 0. The van der Waals surface area contributed by atoms with Crippen LogP contribution in [0.25, 0.3) is 0 Å². The van der Waals surface area contributed by atoms with Crippen molar-refractivity contribution in [1.29, 1.82) is 0 Å². The van der Waals surface area contributed by atoms with Crippen LogP contribution in [0.4, 0.5) is 5.69 Å². The fourth-order valence-corrected chi connectivity index (χ4v) is 1.68. The van der Waals surface area contributed by atoms with Gasteiger partial charge in [-0.2, -0.15) is 0 Å². The lowest BCUT2D eigenvalue weighted by Crippen LogP contribution is -2.08. The molecule has 76 valence electrons. The summed E-state index contributed by atoms with van der Waals surface area (Å²) >= 11 is 1.43. The number of carbonyl (C=O) groups is 1. The van der Waals surface area contributed by atoms with Crippen molar-refractivity contribution in [1.82, 2.24) is 0 Å². The smallest absolute Gasteiger partial charge is 0.224 e. The lowest BCUT2D eigenvalue weighted by atomic mass is 10.3. The molecule has 1 aromatic rings. The number of rotatable bonds is 3. The first-order valence-corrected chi connectivity index (χ1v) is 5.12. The molecule has 0 aromatic carbocycles. The topological polar surface area (TPSA) is 61.7 Å². The zero-order valence-corrected chi connectivity index (χ0v) is 8.89. The number of hydrogen-bond acceptors (Lipinski definition) is 4. The van der Waals surface area contributed by atoms with Crippen molar-refractivity contribution in [2.24, 2.45) is 5.16 Å². The summed E-state index contributed by atoms with van der Waals surface area (Å²) in [4.78, 5) is 11.9. The molecule has 0 aliphatic heterocycles. The summed E-state index contributed by atoms with van der Waals surface area (Å²) in [5, 5.41) is 16.2. The largest absolute Gasteiger partial charge is 0.411 e. The number of nitrogens with zero attached hydrogens (tertiary/aromatic N) is 1. The molecule has 14 heavy (non-hydrogen) atoms. The molecule has 0 radical (unpaired) electrons. The third-order valence-electron chi connectivity index (χ3n) is 1.71. The Balaban J connectivity index is 2.73. The molecule has 0 aliphatic carbocycles. The molecule has 0 fully saturated rings. The molecule has 1 heterocycles. The summed E-state index contributed by atoms with van der Waals surface area (Å²) < 4.78 is 0. The Bertz CT molecular complexity index is 357. The lowest BCUT2D eigenvalue weighted by Gasteiger charge is -1.97. The van der Waals surface area contributed by atoms with Crippen LogP contribution in [-0.2, 0) is 4.79 Å². The van der Waals surface area contributed by atoms with Gasteiger partial charge in [-0.1, -0.05) is 12.1 Å². The molecular weight excluding hydrogens is 200 g/mol. The van der Waals surface area contributed by atoms with Crippen molar-refractivity contribution in [3.63, 3.8) is 0 Å². The number of thiophene rings is 1. The summed E-state index contributed by atoms with van der Waals surface area (Å²) in [6, 6.07) is 1.78. The average Bonchev–Trinajstić information content (AvgIpc) is 2.65. The highest BCUT2D eigenvalue weighted by Crippen LogP contribution is 2.20. The van der Waals surface area contributed by atoms with Gasteiger partial charge in [-0.15, -0.1) is 11.3 Å².